The number of nitrogens with zero attached hydrogens (tertiary/aromatic N) is 2. The van der Waals surface area contributed by atoms with Crippen LogP contribution in [-0.2, 0) is 13.6 Å². The molecular weight excluding hydrogens is 250 g/mol. The van der Waals surface area contributed by atoms with Gasteiger partial charge in [0.15, 0.2) is 0 Å². The summed E-state index contributed by atoms with van der Waals surface area (Å²) in [4.78, 5) is 0. The number of nitrogens with one attached hydrogen (secondary N) is 1. The number of hydrogen-bond acceptors (Lipinski definition) is 3. The van der Waals surface area contributed by atoms with Gasteiger partial charge >= 0.3 is 0 Å². The number of aryl methyl sites for hydroxylation is 1. The summed E-state index contributed by atoms with van der Waals surface area (Å²) in [6.07, 6.45) is 4.91. The summed E-state index contributed by atoms with van der Waals surface area (Å²) in [7, 11) is 1.94. The molecule has 0 saturated heterocycles. The van der Waals surface area contributed by atoms with Crippen LogP contribution >= 0.6 is 0 Å². The second-order valence-corrected chi connectivity index (χ2v) is 6.06. The maximum atomic E-state index is 6.05. The van der Waals surface area contributed by atoms with Crippen LogP contribution in [0.1, 0.15) is 37.4 Å². The average molecular weight is 271 g/mol. The highest BCUT2D eigenvalue weighted by molar-refractivity contribution is 5.38. The Bertz CT molecular complexity index is 603. The molecule has 3 rings (SSSR count). The quantitative estimate of drug-likeness (QED) is 0.933. The molecule has 106 valence electrons. The normalized spacial score (nSPS) is 20.2. The SMILES string of the molecule is Cn1cc(CNC2CC(C)(C)Oc3ccccc32)cn1. The number of fused-ring (bicyclic) bond motifs is 1. The van der Waals surface area contributed by atoms with Crippen molar-refractivity contribution in [3.63, 3.8) is 0 Å². The highest BCUT2D eigenvalue weighted by atomic mass is 16.5. The van der Waals surface area contributed by atoms with Crippen molar-refractivity contribution >= 4 is 0 Å². The van der Waals surface area contributed by atoms with E-state index in [0.717, 1.165) is 18.7 Å². The smallest absolute Gasteiger partial charge is 0.124 e. The zero-order valence-corrected chi connectivity index (χ0v) is 12.3. The fourth-order valence-corrected chi connectivity index (χ4v) is 2.79. The fraction of sp³-hybridized carbons (Fsp3) is 0.438. The van der Waals surface area contributed by atoms with Gasteiger partial charge in [0.1, 0.15) is 11.4 Å². The van der Waals surface area contributed by atoms with Crippen LogP contribution in [0.3, 0.4) is 0 Å². The molecule has 0 aliphatic carbocycles. The first kappa shape index (κ1) is 13.2. The lowest BCUT2D eigenvalue weighted by Crippen LogP contribution is -2.39. The Morgan fingerprint density at radius 1 is 1.40 bits per heavy atom. The van der Waals surface area contributed by atoms with Gasteiger partial charge in [0.2, 0.25) is 0 Å². The second-order valence-electron chi connectivity index (χ2n) is 6.06. The molecule has 1 unspecified atom stereocenters. The molecule has 2 heterocycles. The summed E-state index contributed by atoms with van der Waals surface area (Å²) in [5, 5.41) is 7.83. The summed E-state index contributed by atoms with van der Waals surface area (Å²) in [6.45, 7) is 5.10. The average Bonchev–Trinajstić information content (AvgIpc) is 2.80. The zero-order chi connectivity index (χ0) is 14.2. The second kappa shape index (κ2) is 4.94. The van der Waals surface area contributed by atoms with Gasteiger partial charge in [0.25, 0.3) is 0 Å². The predicted molar refractivity (Wildman–Crippen MR) is 78.6 cm³/mol. The van der Waals surface area contributed by atoms with E-state index in [1.54, 1.807) is 0 Å². The van der Waals surface area contributed by atoms with E-state index in [2.05, 4.69) is 42.5 Å². The molecule has 0 radical (unpaired) electrons. The molecule has 1 N–H and O–H groups in total. The first-order chi connectivity index (χ1) is 9.53. The van der Waals surface area contributed by atoms with Crippen molar-refractivity contribution < 1.29 is 4.74 Å². The van der Waals surface area contributed by atoms with Crippen LogP contribution in [-0.4, -0.2) is 15.4 Å². The van der Waals surface area contributed by atoms with Crippen molar-refractivity contribution in [1.82, 2.24) is 15.1 Å². The Kier molecular flexibility index (Phi) is 3.26. The van der Waals surface area contributed by atoms with Crippen LogP contribution < -0.4 is 10.1 Å². The summed E-state index contributed by atoms with van der Waals surface area (Å²) in [5.74, 6) is 0.993. The first-order valence-corrected chi connectivity index (χ1v) is 7.02. The number of aromatic nitrogens is 2. The van der Waals surface area contributed by atoms with Gasteiger partial charge in [-0.3, -0.25) is 4.68 Å². The maximum absolute atomic E-state index is 6.05. The van der Waals surface area contributed by atoms with Crippen molar-refractivity contribution in [2.75, 3.05) is 0 Å². The van der Waals surface area contributed by atoms with Gasteiger partial charge in [-0.15, -0.1) is 0 Å². The van der Waals surface area contributed by atoms with Gasteiger partial charge in [-0.05, 0) is 19.9 Å². The lowest BCUT2D eigenvalue weighted by Gasteiger charge is -2.38. The van der Waals surface area contributed by atoms with E-state index in [4.69, 9.17) is 4.74 Å². The number of para-hydroxylation sites is 1. The van der Waals surface area contributed by atoms with E-state index in [9.17, 15) is 0 Å². The Hall–Kier alpha value is -1.81. The first-order valence-electron chi connectivity index (χ1n) is 7.02. The Labute approximate surface area is 119 Å². The van der Waals surface area contributed by atoms with Crippen LogP contribution in [0.4, 0.5) is 0 Å². The van der Waals surface area contributed by atoms with Crippen LogP contribution in [0, 0.1) is 0 Å². The lowest BCUT2D eigenvalue weighted by atomic mass is 9.89. The molecule has 1 aromatic heterocycles. The minimum atomic E-state index is -0.138. The van der Waals surface area contributed by atoms with Crippen molar-refractivity contribution in [2.45, 2.75) is 38.5 Å². The fourth-order valence-electron chi connectivity index (χ4n) is 2.79. The van der Waals surface area contributed by atoms with Crippen molar-refractivity contribution in [3.8, 4) is 5.75 Å². The molecule has 4 heteroatoms. The molecule has 1 aliphatic rings. The Morgan fingerprint density at radius 2 is 2.20 bits per heavy atom. The number of rotatable bonds is 3. The monoisotopic (exact) mass is 271 g/mol. The minimum Gasteiger partial charge on any atom is -0.487 e. The molecule has 1 aliphatic heterocycles. The third kappa shape index (κ3) is 2.70. The topological polar surface area (TPSA) is 39.1 Å². The summed E-state index contributed by atoms with van der Waals surface area (Å²) >= 11 is 0. The summed E-state index contributed by atoms with van der Waals surface area (Å²) in [6, 6.07) is 8.60. The zero-order valence-electron chi connectivity index (χ0n) is 12.3. The molecule has 1 atom stereocenters. The third-order valence-corrected chi connectivity index (χ3v) is 3.69. The molecule has 1 aromatic carbocycles. The van der Waals surface area contributed by atoms with E-state index in [-0.39, 0.29) is 5.60 Å². The van der Waals surface area contributed by atoms with Crippen LogP contribution in [0.2, 0.25) is 0 Å². The standard InChI is InChI=1S/C16H21N3O/c1-16(2)8-14(13-6-4-5-7-15(13)20-16)17-9-12-10-18-19(3)11-12/h4-7,10-11,14,17H,8-9H2,1-3H3. The van der Waals surface area contributed by atoms with Crippen LogP contribution in [0.25, 0.3) is 0 Å². The summed E-state index contributed by atoms with van der Waals surface area (Å²) in [5.41, 5.74) is 2.31. The van der Waals surface area contributed by atoms with Crippen molar-refractivity contribution in [1.29, 1.82) is 0 Å². The largest absolute Gasteiger partial charge is 0.487 e. The number of benzene rings is 1. The highest BCUT2D eigenvalue weighted by Gasteiger charge is 2.33. The lowest BCUT2D eigenvalue weighted by molar-refractivity contribution is 0.0657. The molecule has 0 bridgehead atoms. The van der Waals surface area contributed by atoms with Gasteiger partial charge in [-0.2, -0.15) is 5.10 Å². The molecular formula is C16H21N3O. The van der Waals surface area contributed by atoms with Gasteiger partial charge in [0.05, 0.1) is 6.20 Å². The maximum Gasteiger partial charge on any atom is 0.124 e. The van der Waals surface area contributed by atoms with Crippen molar-refractivity contribution in [2.24, 2.45) is 7.05 Å². The van der Waals surface area contributed by atoms with Crippen LogP contribution in [0.15, 0.2) is 36.7 Å². The minimum absolute atomic E-state index is 0.138. The molecule has 0 amide bonds. The molecule has 0 spiro atoms. The Morgan fingerprint density at radius 3 is 2.95 bits per heavy atom. The molecule has 20 heavy (non-hydrogen) atoms. The molecule has 4 nitrogen and oxygen atoms in total. The predicted octanol–water partition coefficient (Wildman–Crippen LogP) is 2.81. The third-order valence-electron chi connectivity index (χ3n) is 3.69. The van der Waals surface area contributed by atoms with E-state index in [1.165, 1.54) is 11.1 Å². The number of ether oxygens (including phenoxy) is 1. The summed E-state index contributed by atoms with van der Waals surface area (Å²) < 4.78 is 7.88. The van der Waals surface area contributed by atoms with Gasteiger partial charge in [-0.25, -0.2) is 0 Å². The van der Waals surface area contributed by atoms with Crippen molar-refractivity contribution in [3.05, 3.63) is 47.8 Å². The van der Waals surface area contributed by atoms with E-state index in [1.807, 2.05) is 30.2 Å². The molecule has 0 saturated carbocycles. The Balaban J connectivity index is 1.78. The van der Waals surface area contributed by atoms with E-state index in [0.29, 0.717) is 6.04 Å². The van der Waals surface area contributed by atoms with Gasteiger partial charge in [0, 0.05) is 43.4 Å². The number of hydrogen-bond donors (Lipinski definition) is 1. The van der Waals surface area contributed by atoms with Gasteiger partial charge in [-0.1, -0.05) is 18.2 Å². The van der Waals surface area contributed by atoms with E-state index < -0.39 is 0 Å². The van der Waals surface area contributed by atoms with E-state index >= 15 is 0 Å². The molecule has 2 aromatic rings. The highest BCUT2D eigenvalue weighted by Crippen LogP contribution is 2.39. The van der Waals surface area contributed by atoms with Gasteiger partial charge < -0.3 is 10.1 Å². The molecule has 0 fully saturated rings. The van der Waals surface area contributed by atoms with Crippen LogP contribution in [0.5, 0.6) is 5.75 Å².